The van der Waals surface area contributed by atoms with E-state index < -0.39 is 5.91 Å². The number of carbonyl (C=O) groups is 1. The van der Waals surface area contributed by atoms with Gasteiger partial charge in [-0.25, -0.2) is 9.07 Å². The number of nitrogens with one attached hydrogen (secondary N) is 2. The maximum Gasteiger partial charge on any atom is 0.258 e. The van der Waals surface area contributed by atoms with Crippen LogP contribution in [0.25, 0.3) is 5.70 Å². The number of halogens is 1. The Labute approximate surface area is 201 Å². The lowest BCUT2D eigenvalue weighted by atomic mass is 10.0. The Hall–Kier alpha value is -4.66. The van der Waals surface area contributed by atoms with Crippen LogP contribution in [-0.4, -0.2) is 34.9 Å². The molecule has 35 heavy (non-hydrogen) atoms. The van der Waals surface area contributed by atoms with Gasteiger partial charge in [-0.2, -0.15) is 4.98 Å². The highest BCUT2D eigenvalue weighted by Gasteiger charge is 2.26. The average Bonchev–Trinajstić information content (AvgIpc) is 3.31. The lowest BCUT2D eigenvalue weighted by Gasteiger charge is -2.24. The van der Waals surface area contributed by atoms with Crippen molar-refractivity contribution in [2.75, 3.05) is 24.9 Å². The molecule has 0 saturated heterocycles. The van der Waals surface area contributed by atoms with Crippen molar-refractivity contribution in [3.8, 4) is 11.5 Å². The van der Waals surface area contributed by atoms with Gasteiger partial charge in [0.15, 0.2) is 11.5 Å². The van der Waals surface area contributed by atoms with Gasteiger partial charge in [0.1, 0.15) is 11.9 Å². The fraction of sp³-hybridized carbons (Fsp3) is 0.115. The number of fused-ring (bicyclic) bond motifs is 1. The van der Waals surface area contributed by atoms with Gasteiger partial charge in [-0.15, -0.1) is 5.10 Å². The number of benzene rings is 3. The van der Waals surface area contributed by atoms with Gasteiger partial charge >= 0.3 is 0 Å². The SMILES string of the molecule is COc1ccc(C(=O)Nc2nc3n(n2)C(c2ccc(F)cc2)C=C(c2ccccc2)N3)cc1OC. The van der Waals surface area contributed by atoms with E-state index in [1.165, 1.54) is 26.4 Å². The summed E-state index contributed by atoms with van der Waals surface area (Å²) in [7, 11) is 3.03. The van der Waals surface area contributed by atoms with Crippen LogP contribution < -0.4 is 20.1 Å². The van der Waals surface area contributed by atoms with Crippen molar-refractivity contribution in [3.05, 3.63) is 101 Å². The Balaban J connectivity index is 1.47. The maximum absolute atomic E-state index is 13.6. The van der Waals surface area contributed by atoms with Gasteiger partial charge in [-0.3, -0.25) is 10.1 Å². The fourth-order valence-electron chi connectivity index (χ4n) is 3.88. The minimum absolute atomic E-state index is 0.127. The molecule has 1 amide bonds. The zero-order chi connectivity index (χ0) is 24.4. The Bertz CT molecular complexity index is 1400. The third kappa shape index (κ3) is 4.43. The lowest BCUT2D eigenvalue weighted by molar-refractivity contribution is 0.102. The van der Waals surface area contributed by atoms with Gasteiger partial charge in [0.25, 0.3) is 11.9 Å². The molecule has 2 heterocycles. The minimum Gasteiger partial charge on any atom is -0.493 e. The highest BCUT2D eigenvalue weighted by molar-refractivity contribution is 6.03. The normalized spacial score (nSPS) is 14.4. The molecule has 0 radical (unpaired) electrons. The van der Waals surface area contributed by atoms with Crippen LogP contribution in [0.2, 0.25) is 0 Å². The number of amides is 1. The number of ether oxygens (including phenoxy) is 2. The van der Waals surface area contributed by atoms with Crippen LogP contribution in [0.3, 0.4) is 0 Å². The molecule has 5 rings (SSSR count). The average molecular weight is 471 g/mol. The molecular weight excluding hydrogens is 449 g/mol. The maximum atomic E-state index is 13.6. The first-order valence-electron chi connectivity index (χ1n) is 10.9. The third-order valence-corrected chi connectivity index (χ3v) is 5.63. The monoisotopic (exact) mass is 471 g/mol. The third-order valence-electron chi connectivity index (χ3n) is 5.63. The predicted octanol–water partition coefficient (Wildman–Crippen LogP) is 4.74. The fourth-order valence-corrected chi connectivity index (χ4v) is 3.88. The molecule has 3 aromatic carbocycles. The molecule has 1 aliphatic heterocycles. The number of methoxy groups -OCH3 is 2. The second-order valence-corrected chi connectivity index (χ2v) is 7.80. The summed E-state index contributed by atoms with van der Waals surface area (Å²) in [5, 5.41) is 10.5. The molecule has 0 aliphatic carbocycles. The molecular formula is C26H22FN5O3. The summed E-state index contributed by atoms with van der Waals surface area (Å²) >= 11 is 0. The van der Waals surface area contributed by atoms with Gasteiger partial charge in [0.05, 0.1) is 14.2 Å². The number of hydrogen-bond acceptors (Lipinski definition) is 6. The smallest absolute Gasteiger partial charge is 0.258 e. The van der Waals surface area contributed by atoms with Crippen LogP contribution in [0.5, 0.6) is 11.5 Å². The molecule has 1 unspecified atom stereocenters. The molecule has 4 aromatic rings. The van der Waals surface area contributed by atoms with Crippen molar-refractivity contribution < 1.29 is 18.7 Å². The van der Waals surface area contributed by atoms with E-state index in [1.807, 2.05) is 36.4 Å². The Morgan fingerprint density at radius 2 is 1.74 bits per heavy atom. The van der Waals surface area contributed by atoms with E-state index in [0.717, 1.165) is 16.8 Å². The summed E-state index contributed by atoms with van der Waals surface area (Å²) in [5.74, 6) is 0.808. The largest absolute Gasteiger partial charge is 0.493 e. The lowest BCUT2D eigenvalue weighted by Crippen LogP contribution is -2.20. The van der Waals surface area contributed by atoms with E-state index in [1.54, 1.807) is 35.0 Å². The van der Waals surface area contributed by atoms with E-state index in [4.69, 9.17) is 9.47 Å². The molecule has 9 heteroatoms. The van der Waals surface area contributed by atoms with Crippen LogP contribution in [-0.2, 0) is 0 Å². The van der Waals surface area contributed by atoms with Gasteiger partial charge in [-0.1, -0.05) is 42.5 Å². The van der Waals surface area contributed by atoms with Gasteiger partial charge in [0, 0.05) is 11.3 Å². The number of hydrogen-bond donors (Lipinski definition) is 2. The van der Waals surface area contributed by atoms with Gasteiger partial charge < -0.3 is 14.8 Å². The van der Waals surface area contributed by atoms with Crippen molar-refractivity contribution in [2.45, 2.75) is 6.04 Å². The molecule has 8 nitrogen and oxygen atoms in total. The Morgan fingerprint density at radius 3 is 2.46 bits per heavy atom. The van der Waals surface area contributed by atoms with E-state index in [0.29, 0.717) is 23.0 Å². The van der Waals surface area contributed by atoms with E-state index >= 15 is 0 Å². The van der Waals surface area contributed by atoms with E-state index in [-0.39, 0.29) is 17.8 Å². The van der Waals surface area contributed by atoms with Crippen molar-refractivity contribution in [1.29, 1.82) is 0 Å². The number of nitrogens with zero attached hydrogens (tertiary/aromatic N) is 3. The van der Waals surface area contributed by atoms with Crippen LogP contribution in [0.4, 0.5) is 16.3 Å². The second kappa shape index (κ2) is 9.30. The Kier molecular flexibility index (Phi) is 5.88. The van der Waals surface area contributed by atoms with E-state index in [9.17, 15) is 9.18 Å². The first-order chi connectivity index (χ1) is 17.1. The first-order valence-corrected chi connectivity index (χ1v) is 10.9. The topological polar surface area (TPSA) is 90.3 Å². The van der Waals surface area contributed by atoms with Crippen LogP contribution in [0.1, 0.15) is 27.5 Å². The standard InChI is InChI=1S/C26H22FN5O3/c1-34-22-13-10-18(14-23(22)35-2)24(33)29-25-30-26-28-20(16-6-4-3-5-7-16)15-21(32(26)31-25)17-8-11-19(27)12-9-17/h3-15,21H,1-2H3,(H2,28,29,30,31,33). The number of aromatic nitrogens is 3. The summed E-state index contributed by atoms with van der Waals surface area (Å²) in [5.41, 5.74) is 2.98. The van der Waals surface area contributed by atoms with Crippen molar-refractivity contribution >= 4 is 23.5 Å². The van der Waals surface area contributed by atoms with E-state index in [2.05, 4.69) is 20.7 Å². The van der Waals surface area contributed by atoms with Crippen LogP contribution in [0, 0.1) is 5.82 Å². The number of rotatable bonds is 6. The predicted molar refractivity (Wildman–Crippen MR) is 130 cm³/mol. The number of anilines is 2. The second-order valence-electron chi connectivity index (χ2n) is 7.80. The summed E-state index contributed by atoms with van der Waals surface area (Å²) in [6.07, 6.45) is 1.99. The van der Waals surface area contributed by atoms with Gasteiger partial charge in [0.2, 0.25) is 5.95 Å². The summed E-state index contributed by atoms with van der Waals surface area (Å²) in [4.78, 5) is 17.4. The zero-order valence-electron chi connectivity index (χ0n) is 19.0. The molecule has 1 atom stereocenters. The molecule has 0 spiro atoms. The highest BCUT2D eigenvalue weighted by Crippen LogP contribution is 2.33. The van der Waals surface area contributed by atoms with Crippen molar-refractivity contribution in [1.82, 2.24) is 14.8 Å². The quantitative estimate of drug-likeness (QED) is 0.422. The molecule has 0 fully saturated rings. The molecule has 0 bridgehead atoms. The Morgan fingerprint density at radius 1 is 1.00 bits per heavy atom. The molecule has 1 aromatic heterocycles. The summed E-state index contributed by atoms with van der Waals surface area (Å²) < 4.78 is 25.7. The van der Waals surface area contributed by atoms with Crippen LogP contribution >= 0.6 is 0 Å². The highest BCUT2D eigenvalue weighted by atomic mass is 19.1. The summed E-state index contributed by atoms with van der Waals surface area (Å²) in [6, 6.07) is 20.5. The van der Waals surface area contributed by atoms with Crippen LogP contribution in [0.15, 0.2) is 78.9 Å². The zero-order valence-corrected chi connectivity index (χ0v) is 19.0. The minimum atomic E-state index is -0.400. The van der Waals surface area contributed by atoms with Crippen molar-refractivity contribution in [2.24, 2.45) is 0 Å². The molecule has 2 N–H and O–H groups in total. The molecule has 1 aliphatic rings. The number of allylic oxidation sites excluding steroid dienone is 1. The van der Waals surface area contributed by atoms with Gasteiger partial charge in [-0.05, 0) is 47.5 Å². The number of carbonyl (C=O) groups excluding carboxylic acids is 1. The molecule has 0 saturated carbocycles. The first kappa shape index (κ1) is 22.1. The van der Waals surface area contributed by atoms with Crippen molar-refractivity contribution in [3.63, 3.8) is 0 Å². The summed E-state index contributed by atoms with van der Waals surface area (Å²) in [6.45, 7) is 0. The molecule has 176 valence electrons.